The Balaban J connectivity index is 1.75. The largest absolute Gasteiger partial charge is 0.496 e. The highest BCUT2D eigenvalue weighted by molar-refractivity contribution is 9.10. The van der Waals surface area contributed by atoms with E-state index in [2.05, 4.69) is 26.5 Å². The van der Waals surface area contributed by atoms with Crippen LogP contribution in [0.25, 0.3) is 0 Å². The lowest BCUT2D eigenvalue weighted by atomic mass is 9.95. The third-order valence-corrected chi connectivity index (χ3v) is 7.62. The van der Waals surface area contributed by atoms with Gasteiger partial charge in [-0.25, -0.2) is 13.8 Å². The lowest BCUT2D eigenvalue weighted by molar-refractivity contribution is -0.121. The molecule has 1 fully saturated rings. The molecule has 2 aromatic rings. The second-order valence-electron chi connectivity index (χ2n) is 7.33. The van der Waals surface area contributed by atoms with Crippen molar-refractivity contribution < 1.29 is 17.9 Å². The number of amides is 1. The van der Waals surface area contributed by atoms with E-state index in [0.717, 1.165) is 36.6 Å². The van der Waals surface area contributed by atoms with Crippen LogP contribution >= 0.6 is 15.9 Å². The summed E-state index contributed by atoms with van der Waals surface area (Å²) in [6.07, 6.45) is 5.95. The Bertz CT molecular complexity index is 1020. The maximum atomic E-state index is 13.3. The Labute approximate surface area is 191 Å². The molecule has 0 bridgehead atoms. The molecule has 0 saturated heterocycles. The van der Waals surface area contributed by atoms with Gasteiger partial charge in [0.05, 0.1) is 24.8 Å². The van der Waals surface area contributed by atoms with Gasteiger partial charge in [0.2, 0.25) is 10.0 Å². The standard InChI is InChI=1S/C22H26BrN3O4S/c1-30-21-13-12-18(23)14-17(21)15-24-25-22(27)16-26(19-8-4-2-5-9-19)31(28,29)20-10-6-3-7-11-20/h3,6-7,10-15,19H,2,4-5,8-9,16H2,1H3,(H,25,27)/b24-15+. The summed E-state index contributed by atoms with van der Waals surface area (Å²) < 4.78 is 34.0. The highest BCUT2D eigenvalue weighted by Crippen LogP contribution is 2.27. The molecule has 0 radical (unpaired) electrons. The molecule has 0 atom stereocenters. The number of methoxy groups -OCH3 is 1. The van der Waals surface area contributed by atoms with Crippen molar-refractivity contribution in [3.8, 4) is 5.75 Å². The van der Waals surface area contributed by atoms with Crippen LogP contribution in [-0.2, 0) is 14.8 Å². The molecule has 1 aliphatic rings. The van der Waals surface area contributed by atoms with Crippen molar-refractivity contribution in [3.63, 3.8) is 0 Å². The van der Waals surface area contributed by atoms with Crippen LogP contribution in [0, 0.1) is 0 Å². The maximum absolute atomic E-state index is 13.3. The minimum atomic E-state index is -3.79. The van der Waals surface area contributed by atoms with Crippen LogP contribution in [0.3, 0.4) is 0 Å². The topological polar surface area (TPSA) is 88.1 Å². The lowest BCUT2D eigenvalue weighted by Gasteiger charge is -2.32. The predicted molar refractivity (Wildman–Crippen MR) is 124 cm³/mol. The molecule has 0 aliphatic heterocycles. The van der Waals surface area contributed by atoms with Crippen molar-refractivity contribution in [1.29, 1.82) is 0 Å². The molecule has 9 heteroatoms. The zero-order chi connectivity index (χ0) is 22.3. The van der Waals surface area contributed by atoms with Crippen LogP contribution in [0.4, 0.5) is 0 Å². The number of halogens is 1. The molecule has 1 saturated carbocycles. The molecule has 1 amide bonds. The van der Waals surface area contributed by atoms with Gasteiger partial charge in [-0.15, -0.1) is 0 Å². The van der Waals surface area contributed by atoms with E-state index in [1.165, 1.54) is 10.5 Å². The Morgan fingerprint density at radius 3 is 2.58 bits per heavy atom. The van der Waals surface area contributed by atoms with Gasteiger partial charge in [0, 0.05) is 16.1 Å². The number of ether oxygens (including phenoxy) is 1. The average molecular weight is 508 g/mol. The minimum absolute atomic E-state index is 0.191. The van der Waals surface area contributed by atoms with E-state index in [-0.39, 0.29) is 17.5 Å². The number of hydrazone groups is 1. The molecule has 166 valence electrons. The van der Waals surface area contributed by atoms with E-state index in [9.17, 15) is 13.2 Å². The summed E-state index contributed by atoms with van der Waals surface area (Å²) in [6, 6.07) is 13.5. The van der Waals surface area contributed by atoms with Gasteiger partial charge in [0.1, 0.15) is 5.75 Å². The Hall–Kier alpha value is -2.23. The molecule has 0 aromatic heterocycles. The maximum Gasteiger partial charge on any atom is 0.255 e. The highest BCUT2D eigenvalue weighted by atomic mass is 79.9. The Morgan fingerprint density at radius 1 is 1.19 bits per heavy atom. The SMILES string of the molecule is COc1ccc(Br)cc1/C=N/NC(=O)CN(C1CCCCC1)S(=O)(=O)c1ccccc1. The fourth-order valence-corrected chi connectivity index (χ4v) is 5.71. The van der Waals surface area contributed by atoms with Crippen LogP contribution in [0.2, 0.25) is 0 Å². The Kier molecular flexibility index (Phi) is 8.22. The minimum Gasteiger partial charge on any atom is -0.496 e. The highest BCUT2D eigenvalue weighted by Gasteiger charge is 2.33. The molecule has 31 heavy (non-hydrogen) atoms. The second kappa shape index (κ2) is 10.9. The number of nitrogens with one attached hydrogen (secondary N) is 1. The summed E-state index contributed by atoms with van der Waals surface area (Å²) in [5.41, 5.74) is 3.13. The summed E-state index contributed by atoms with van der Waals surface area (Å²) in [6.45, 7) is -0.283. The number of benzene rings is 2. The third kappa shape index (κ3) is 6.15. The van der Waals surface area contributed by atoms with E-state index in [1.54, 1.807) is 43.5 Å². The van der Waals surface area contributed by atoms with Crippen molar-refractivity contribution in [1.82, 2.24) is 9.73 Å². The smallest absolute Gasteiger partial charge is 0.255 e. The second-order valence-corrected chi connectivity index (χ2v) is 10.1. The quantitative estimate of drug-likeness (QED) is 0.433. The number of carbonyl (C=O) groups is 1. The molecule has 0 spiro atoms. The van der Waals surface area contributed by atoms with Gasteiger partial charge in [0.25, 0.3) is 5.91 Å². The molecule has 1 N–H and O–H groups in total. The number of rotatable bonds is 8. The van der Waals surface area contributed by atoms with Gasteiger partial charge in [-0.05, 0) is 43.2 Å². The molecular formula is C22H26BrN3O4S. The summed E-state index contributed by atoms with van der Waals surface area (Å²) in [5.74, 6) is 0.118. The zero-order valence-electron chi connectivity index (χ0n) is 17.3. The molecule has 0 unspecified atom stereocenters. The first-order valence-electron chi connectivity index (χ1n) is 10.1. The van der Waals surface area contributed by atoms with Crippen molar-refractivity contribution >= 4 is 38.1 Å². The summed E-state index contributed by atoms with van der Waals surface area (Å²) in [5, 5.41) is 4.00. The van der Waals surface area contributed by atoms with Crippen LogP contribution in [0.5, 0.6) is 5.75 Å². The molecule has 3 rings (SSSR count). The Morgan fingerprint density at radius 2 is 1.90 bits per heavy atom. The first-order chi connectivity index (χ1) is 14.9. The summed E-state index contributed by atoms with van der Waals surface area (Å²) in [7, 11) is -2.24. The van der Waals surface area contributed by atoms with Gasteiger partial charge in [0.15, 0.2) is 0 Å². The third-order valence-electron chi connectivity index (χ3n) is 5.22. The predicted octanol–water partition coefficient (Wildman–Crippen LogP) is 3.93. The summed E-state index contributed by atoms with van der Waals surface area (Å²) >= 11 is 3.39. The summed E-state index contributed by atoms with van der Waals surface area (Å²) in [4.78, 5) is 12.8. The molecule has 2 aromatic carbocycles. The molecule has 0 heterocycles. The van der Waals surface area contributed by atoms with Crippen LogP contribution in [0.1, 0.15) is 37.7 Å². The number of carbonyl (C=O) groups excluding carboxylic acids is 1. The fourth-order valence-electron chi connectivity index (χ4n) is 3.66. The van der Waals surface area contributed by atoms with Crippen molar-refractivity contribution in [2.24, 2.45) is 5.10 Å². The van der Waals surface area contributed by atoms with E-state index in [1.807, 2.05) is 12.1 Å². The van der Waals surface area contributed by atoms with E-state index in [4.69, 9.17) is 4.74 Å². The number of hydrogen-bond donors (Lipinski definition) is 1. The number of hydrogen-bond acceptors (Lipinski definition) is 5. The fraction of sp³-hybridized carbons (Fsp3) is 0.364. The molecule has 1 aliphatic carbocycles. The number of nitrogens with zero attached hydrogens (tertiary/aromatic N) is 2. The van der Waals surface area contributed by atoms with Gasteiger partial charge in [-0.1, -0.05) is 53.4 Å². The first-order valence-corrected chi connectivity index (χ1v) is 12.4. The van der Waals surface area contributed by atoms with E-state index >= 15 is 0 Å². The van der Waals surface area contributed by atoms with E-state index < -0.39 is 15.9 Å². The first kappa shape index (κ1) is 23.4. The molecular weight excluding hydrogens is 482 g/mol. The lowest BCUT2D eigenvalue weighted by Crippen LogP contribution is -2.46. The van der Waals surface area contributed by atoms with Gasteiger partial charge in [-0.3, -0.25) is 4.79 Å². The average Bonchev–Trinajstić information content (AvgIpc) is 2.79. The van der Waals surface area contributed by atoms with Crippen molar-refractivity contribution in [2.45, 2.75) is 43.0 Å². The van der Waals surface area contributed by atoms with Crippen LogP contribution in [-0.4, -0.2) is 44.5 Å². The van der Waals surface area contributed by atoms with Crippen LogP contribution < -0.4 is 10.2 Å². The van der Waals surface area contributed by atoms with Gasteiger partial charge in [-0.2, -0.15) is 9.41 Å². The van der Waals surface area contributed by atoms with Crippen LogP contribution in [0.15, 0.2) is 63.0 Å². The number of sulfonamides is 1. The van der Waals surface area contributed by atoms with Gasteiger partial charge < -0.3 is 4.74 Å². The monoisotopic (exact) mass is 507 g/mol. The van der Waals surface area contributed by atoms with Gasteiger partial charge >= 0.3 is 0 Å². The van der Waals surface area contributed by atoms with E-state index in [0.29, 0.717) is 11.3 Å². The van der Waals surface area contributed by atoms with Crippen molar-refractivity contribution in [3.05, 3.63) is 58.6 Å². The zero-order valence-corrected chi connectivity index (χ0v) is 19.7. The van der Waals surface area contributed by atoms with Crippen molar-refractivity contribution in [2.75, 3.05) is 13.7 Å². The normalized spacial score (nSPS) is 15.3. The molecule has 7 nitrogen and oxygen atoms in total.